The van der Waals surface area contributed by atoms with E-state index in [4.69, 9.17) is 0 Å². The quantitative estimate of drug-likeness (QED) is 0.387. The first-order valence-electron chi connectivity index (χ1n) is 7.93. The second-order valence-corrected chi connectivity index (χ2v) is 6.45. The van der Waals surface area contributed by atoms with Crippen LogP contribution in [0.4, 0.5) is 5.95 Å². The zero-order valence-corrected chi connectivity index (χ0v) is 14.9. The molecule has 4 aromatic rings. The van der Waals surface area contributed by atoms with Crippen LogP contribution in [0.25, 0.3) is 17.1 Å². The summed E-state index contributed by atoms with van der Waals surface area (Å²) in [7, 11) is 1.60. The first-order valence-corrected chi connectivity index (χ1v) is 8.74. The highest BCUT2D eigenvalue weighted by molar-refractivity contribution is 7.99. The highest BCUT2D eigenvalue weighted by Gasteiger charge is 2.24. The summed E-state index contributed by atoms with van der Waals surface area (Å²) in [6.45, 7) is 0. The lowest BCUT2D eigenvalue weighted by molar-refractivity contribution is -0.394. The molecule has 0 N–H and O–H groups in total. The third kappa shape index (κ3) is 3.29. The maximum absolute atomic E-state index is 10.9. The van der Waals surface area contributed by atoms with Gasteiger partial charge in [-0.2, -0.15) is 4.68 Å². The average molecular weight is 379 g/mol. The van der Waals surface area contributed by atoms with E-state index >= 15 is 0 Å². The molecule has 0 aliphatic carbocycles. The van der Waals surface area contributed by atoms with Crippen LogP contribution in [0.5, 0.6) is 0 Å². The van der Waals surface area contributed by atoms with E-state index in [2.05, 4.69) is 20.3 Å². The second-order valence-electron chi connectivity index (χ2n) is 5.52. The van der Waals surface area contributed by atoms with Crippen molar-refractivity contribution >= 4 is 17.7 Å². The standard InChI is InChI=1S/C17H13N7O2S/c1-22-16(18-15(21-22)24(25)26)27-17-20-19-14(12-8-4-2-5-9-12)23(17)13-10-6-3-7-11-13/h2-11H,1H3. The minimum absolute atomic E-state index is 0.353. The Labute approximate surface area is 157 Å². The second kappa shape index (κ2) is 7.00. The minimum atomic E-state index is -0.624. The number of hydrogen-bond donors (Lipinski definition) is 0. The fraction of sp³-hybridized carbons (Fsp3) is 0.0588. The number of aromatic nitrogens is 6. The van der Waals surface area contributed by atoms with Crippen molar-refractivity contribution < 1.29 is 4.92 Å². The normalized spacial score (nSPS) is 10.9. The predicted molar refractivity (Wildman–Crippen MR) is 98.6 cm³/mol. The third-order valence-electron chi connectivity index (χ3n) is 3.74. The molecule has 4 rings (SSSR count). The Hall–Kier alpha value is -3.53. The SMILES string of the molecule is Cn1nc([N+](=O)[O-])nc1Sc1nnc(-c2ccccc2)n1-c1ccccc1. The molecule has 0 unspecified atom stereocenters. The van der Waals surface area contributed by atoms with Crippen LogP contribution >= 0.6 is 11.8 Å². The molecule has 0 saturated heterocycles. The van der Waals surface area contributed by atoms with Crippen LogP contribution in [-0.2, 0) is 7.05 Å². The fourth-order valence-corrected chi connectivity index (χ4v) is 3.35. The van der Waals surface area contributed by atoms with E-state index in [0.717, 1.165) is 23.0 Å². The Morgan fingerprint density at radius 3 is 2.26 bits per heavy atom. The molecule has 0 aliphatic heterocycles. The van der Waals surface area contributed by atoms with E-state index in [1.165, 1.54) is 4.68 Å². The van der Waals surface area contributed by atoms with Crippen molar-refractivity contribution in [3.05, 3.63) is 70.8 Å². The first kappa shape index (κ1) is 16.9. The highest BCUT2D eigenvalue weighted by Crippen LogP contribution is 2.31. The molecule has 134 valence electrons. The minimum Gasteiger partial charge on any atom is -0.390 e. The van der Waals surface area contributed by atoms with Gasteiger partial charge in [0.05, 0.1) is 0 Å². The molecule has 0 radical (unpaired) electrons. The lowest BCUT2D eigenvalue weighted by Gasteiger charge is -2.09. The maximum Gasteiger partial charge on any atom is 0.492 e. The Morgan fingerprint density at radius 2 is 1.63 bits per heavy atom. The Morgan fingerprint density at radius 1 is 0.963 bits per heavy atom. The molecule has 9 nitrogen and oxygen atoms in total. The van der Waals surface area contributed by atoms with Gasteiger partial charge in [-0.3, -0.25) is 4.57 Å². The van der Waals surface area contributed by atoms with Gasteiger partial charge < -0.3 is 10.1 Å². The molecule has 2 heterocycles. The molecule has 0 atom stereocenters. The summed E-state index contributed by atoms with van der Waals surface area (Å²) in [6.07, 6.45) is 0. The Bertz CT molecular complexity index is 1090. The van der Waals surface area contributed by atoms with Gasteiger partial charge in [0.1, 0.15) is 0 Å². The van der Waals surface area contributed by atoms with Crippen molar-refractivity contribution in [1.82, 2.24) is 29.5 Å². The van der Waals surface area contributed by atoms with E-state index in [-0.39, 0.29) is 0 Å². The molecule has 0 aliphatic rings. The molecule has 0 amide bonds. The summed E-state index contributed by atoms with van der Waals surface area (Å²) in [4.78, 5) is 14.3. The van der Waals surface area contributed by atoms with Crippen molar-refractivity contribution in [3.63, 3.8) is 0 Å². The number of hydrogen-bond acceptors (Lipinski definition) is 7. The largest absolute Gasteiger partial charge is 0.492 e. The van der Waals surface area contributed by atoms with Gasteiger partial charge in [0.15, 0.2) is 5.82 Å². The molecule has 2 aromatic carbocycles. The third-order valence-corrected chi connectivity index (χ3v) is 4.72. The molecule has 0 saturated carbocycles. The van der Waals surface area contributed by atoms with Crippen LogP contribution in [0.15, 0.2) is 71.0 Å². The number of nitrogens with zero attached hydrogens (tertiary/aromatic N) is 7. The number of nitro groups is 1. The zero-order chi connectivity index (χ0) is 18.8. The molecule has 27 heavy (non-hydrogen) atoms. The first-order chi connectivity index (χ1) is 13.1. The molecule has 10 heteroatoms. The average Bonchev–Trinajstić information content (AvgIpc) is 3.27. The molecule has 0 spiro atoms. The summed E-state index contributed by atoms with van der Waals surface area (Å²) in [5.74, 6) is 0.218. The van der Waals surface area contributed by atoms with Crippen molar-refractivity contribution in [1.29, 1.82) is 0 Å². The van der Waals surface area contributed by atoms with Crippen LogP contribution in [0.2, 0.25) is 0 Å². The van der Waals surface area contributed by atoms with E-state index in [0.29, 0.717) is 16.1 Å². The fourth-order valence-electron chi connectivity index (χ4n) is 2.53. The number of aryl methyl sites for hydroxylation is 1. The number of para-hydroxylation sites is 1. The van der Waals surface area contributed by atoms with Gasteiger partial charge in [-0.05, 0) is 22.0 Å². The summed E-state index contributed by atoms with van der Waals surface area (Å²) in [5, 5.41) is 24.2. The van der Waals surface area contributed by atoms with Gasteiger partial charge in [-0.25, -0.2) is 0 Å². The Kier molecular flexibility index (Phi) is 4.38. The highest BCUT2D eigenvalue weighted by atomic mass is 32.2. The van der Waals surface area contributed by atoms with E-state index in [1.54, 1.807) is 7.05 Å². The molecule has 0 fully saturated rings. The van der Waals surface area contributed by atoms with Gasteiger partial charge in [0.2, 0.25) is 5.16 Å². The van der Waals surface area contributed by atoms with Gasteiger partial charge in [0.25, 0.3) is 5.16 Å². The number of benzene rings is 2. The van der Waals surface area contributed by atoms with Crippen LogP contribution in [-0.4, -0.2) is 34.5 Å². The lowest BCUT2D eigenvalue weighted by atomic mass is 10.2. The molecular weight excluding hydrogens is 366 g/mol. The monoisotopic (exact) mass is 379 g/mol. The van der Waals surface area contributed by atoms with Crippen LogP contribution in [0.3, 0.4) is 0 Å². The van der Waals surface area contributed by atoms with Gasteiger partial charge in [0, 0.05) is 35.2 Å². The summed E-state index contributed by atoms with van der Waals surface area (Å²) in [6, 6.07) is 19.3. The van der Waals surface area contributed by atoms with Crippen LogP contribution in [0.1, 0.15) is 0 Å². The van der Waals surface area contributed by atoms with Crippen molar-refractivity contribution in [2.45, 2.75) is 10.3 Å². The van der Waals surface area contributed by atoms with E-state index in [1.807, 2.05) is 65.2 Å². The van der Waals surface area contributed by atoms with Crippen molar-refractivity contribution in [3.8, 4) is 17.1 Å². The number of rotatable bonds is 5. The van der Waals surface area contributed by atoms with Crippen molar-refractivity contribution in [2.75, 3.05) is 0 Å². The van der Waals surface area contributed by atoms with Gasteiger partial charge in [-0.1, -0.05) is 48.5 Å². The van der Waals surface area contributed by atoms with Crippen molar-refractivity contribution in [2.24, 2.45) is 7.05 Å². The maximum atomic E-state index is 10.9. The Balaban J connectivity index is 1.82. The van der Waals surface area contributed by atoms with Crippen LogP contribution < -0.4 is 0 Å². The smallest absolute Gasteiger partial charge is 0.390 e. The van der Waals surface area contributed by atoms with Crippen LogP contribution in [0, 0.1) is 10.1 Å². The zero-order valence-electron chi connectivity index (χ0n) is 14.1. The van der Waals surface area contributed by atoms with Gasteiger partial charge >= 0.3 is 5.95 Å². The molecular formula is C17H13N7O2S. The predicted octanol–water partition coefficient (Wildman–Crippen LogP) is 3.12. The topological polar surface area (TPSA) is 105 Å². The van der Waals surface area contributed by atoms with E-state index < -0.39 is 10.9 Å². The molecule has 2 aromatic heterocycles. The van der Waals surface area contributed by atoms with Gasteiger partial charge in [-0.15, -0.1) is 10.2 Å². The van der Waals surface area contributed by atoms with E-state index in [9.17, 15) is 10.1 Å². The summed E-state index contributed by atoms with van der Waals surface area (Å²) < 4.78 is 3.25. The molecule has 0 bridgehead atoms. The summed E-state index contributed by atoms with van der Waals surface area (Å²) >= 11 is 1.16. The lowest BCUT2D eigenvalue weighted by Crippen LogP contribution is -2.00. The summed E-state index contributed by atoms with van der Waals surface area (Å²) in [5.41, 5.74) is 1.78.